The summed E-state index contributed by atoms with van der Waals surface area (Å²) >= 11 is 1.84. The van der Waals surface area contributed by atoms with Gasteiger partial charge in [0.2, 0.25) is 0 Å². The molecule has 0 saturated carbocycles. The molecule has 1 aliphatic rings. The summed E-state index contributed by atoms with van der Waals surface area (Å²) in [5.74, 6) is 1.97. The van der Waals surface area contributed by atoms with Crippen molar-refractivity contribution in [2.45, 2.75) is 19.3 Å². The minimum atomic E-state index is -0.133. The number of nitrogens with zero attached hydrogens (tertiary/aromatic N) is 3. The van der Waals surface area contributed by atoms with Gasteiger partial charge in [-0.25, -0.2) is 15.0 Å². The van der Waals surface area contributed by atoms with E-state index in [-0.39, 0.29) is 5.41 Å². The highest BCUT2D eigenvalue weighted by Crippen LogP contribution is 2.52. The average Bonchev–Trinajstić information content (AvgIpc) is 3.70. The molecular formula is C48H33N3S. The number of rotatable bonds is 5. The molecule has 52 heavy (non-hydrogen) atoms. The molecule has 0 spiro atoms. The molecular weight excluding hydrogens is 651 g/mol. The Kier molecular flexibility index (Phi) is 7.02. The normalized spacial score (nSPS) is 13.0. The first-order chi connectivity index (χ1) is 25.5. The Morgan fingerprint density at radius 1 is 0.404 bits per heavy atom. The lowest BCUT2D eigenvalue weighted by atomic mass is 9.82. The maximum Gasteiger partial charge on any atom is 0.164 e. The highest BCUT2D eigenvalue weighted by atomic mass is 32.1. The molecule has 0 fully saturated rings. The monoisotopic (exact) mass is 683 g/mol. The standard InChI is InChI=1S/C48H33N3S/c1-48(2)39-23-11-9-19-36(39)43-38(22-13-24-40(43)48)47-50-45(31-17-7-4-8-18-31)49-46(51-47)34-28-32(30-15-5-3-6-16-30)27-33(29-34)35-21-14-26-42-44(35)37-20-10-12-25-41(37)52-42/h3-29H,1-2H3. The van der Waals surface area contributed by atoms with E-state index in [0.29, 0.717) is 17.5 Å². The van der Waals surface area contributed by atoms with Crippen molar-refractivity contribution in [2.24, 2.45) is 0 Å². The van der Waals surface area contributed by atoms with E-state index in [1.165, 1.54) is 48.0 Å². The van der Waals surface area contributed by atoms with Crippen LogP contribution in [0.25, 0.3) is 87.7 Å². The number of benzene rings is 7. The van der Waals surface area contributed by atoms with Gasteiger partial charge in [-0.2, -0.15) is 0 Å². The number of thiophene rings is 1. The van der Waals surface area contributed by atoms with Crippen LogP contribution in [0.5, 0.6) is 0 Å². The third-order valence-corrected chi connectivity index (χ3v) is 11.7. The fourth-order valence-corrected chi connectivity index (χ4v) is 9.14. The van der Waals surface area contributed by atoms with Gasteiger partial charge < -0.3 is 0 Å². The summed E-state index contributed by atoms with van der Waals surface area (Å²) in [6, 6.07) is 58.3. The Morgan fingerprint density at radius 3 is 1.79 bits per heavy atom. The van der Waals surface area contributed by atoms with Gasteiger partial charge in [-0.05, 0) is 74.8 Å². The van der Waals surface area contributed by atoms with Crippen molar-refractivity contribution in [3.8, 4) is 67.5 Å². The summed E-state index contributed by atoms with van der Waals surface area (Å²) in [5.41, 5.74) is 12.4. The largest absolute Gasteiger partial charge is 0.208 e. The summed E-state index contributed by atoms with van der Waals surface area (Å²) in [5, 5.41) is 2.56. The van der Waals surface area contributed by atoms with Gasteiger partial charge in [0.05, 0.1) is 0 Å². The molecule has 0 radical (unpaired) electrons. The second-order valence-electron chi connectivity index (χ2n) is 14.0. The highest BCUT2D eigenvalue weighted by molar-refractivity contribution is 7.25. The zero-order valence-corrected chi connectivity index (χ0v) is 29.7. The zero-order chi connectivity index (χ0) is 34.8. The van der Waals surface area contributed by atoms with E-state index < -0.39 is 0 Å². The number of hydrogen-bond acceptors (Lipinski definition) is 4. The Balaban J connectivity index is 1.24. The van der Waals surface area contributed by atoms with Crippen LogP contribution in [0.3, 0.4) is 0 Å². The van der Waals surface area contributed by atoms with Crippen LogP contribution in [-0.4, -0.2) is 15.0 Å². The third-order valence-electron chi connectivity index (χ3n) is 10.5. The second kappa shape index (κ2) is 11.9. The first-order valence-corrected chi connectivity index (χ1v) is 18.5. The minimum Gasteiger partial charge on any atom is -0.208 e. The summed E-state index contributed by atoms with van der Waals surface area (Å²) in [7, 11) is 0. The molecule has 7 aromatic carbocycles. The number of fused-ring (bicyclic) bond motifs is 6. The fourth-order valence-electron chi connectivity index (χ4n) is 8.01. The van der Waals surface area contributed by atoms with Crippen molar-refractivity contribution < 1.29 is 0 Å². The highest BCUT2D eigenvalue weighted by Gasteiger charge is 2.37. The Hall–Kier alpha value is -6.23. The summed E-state index contributed by atoms with van der Waals surface area (Å²) in [4.78, 5) is 15.8. The lowest BCUT2D eigenvalue weighted by molar-refractivity contribution is 0.660. The van der Waals surface area contributed by atoms with Crippen LogP contribution < -0.4 is 0 Å². The van der Waals surface area contributed by atoms with E-state index in [9.17, 15) is 0 Å². The van der Waals surface area contributed by atoms with Gasteiger partial charge >= 0.3 is 0 Å². The predicted octanol–water partition coefficient (Wildman–Crippen LogP) is 12.9. The van der Waals surface area contributed by atoms with E-state index in [2.05, 4.69) is 159 Å². The van der Waals surface area contributed by atoms with Crippen LogP contribution in [0.4, 0.5) is 0 Å². The topological polar surface area (TPSA) is 38.7 Å². The summed E-state index contributed by atoms with van der Waals surface area (Å²) in [6.07, 6.45) is 0. The van der Waals surface area contributed by atoms with Crippen molar-refractivity contribution in [1.29, 1.82) is 0 Å². The lowest BCUT2D eigenvalue weighted by Gasteiger charge is -2.21. The Morgan fingerprint density at radius 2 is 0.962 bits per heavy atom. The number of aromatic nitrogens is 3. The quantitative estimate of drug-likeness (QED) is 0.181. The predicted molar refractivity (Wildman–Crippen MR) is 217 cm³/mol. The van der Waals surface area contributed by atoms with Gasteiger partial charge in [-0.15, -0.1) is 11.3 Å². The van der Waals surface area contributed by atoms with E-state index in [1.807, 2.05) is 29.5 Å². The first-order valence-electron chi connectivity index (χ1n) is 17.7. The first kappa shape index (κ1) is 30.6. The molecule has 0 N–H and O–H groups in total. The van der Waals surface area contributed by atoms with Crippen LogP contribution in [0.1, 0.15) is 25.0 Å². The molecule has 0 aliphatic heterocycles. The molecule has 4 heteroatoms. The van der Waals surface area contributed by atoms with Gasteiger partial charge in [0.15, 0.2) is 17.5 Å². The van der Waals surface area contributed by atoms with E-state index in [0.717, 1.165) is 33.4 Å². The van der Waals surface area contributed by atoms with E-state index >= 15 is 0 Å². The molecule has 0 amide bonds. The van der Waals surface area contributed by atoms with Gasteiger partial charge in [0.1, 0.15) is 0 Å². The summed E-state index contributed by atoms with van der Waals surface area (Å²) < 4.78 is 2.57. The van der Waals surface area contributed by atoms with Crippen LogP contribution in [0.15, 0.2) is 164 Å². The van der Waals surface area contributed by atoms with Crippen molar-refractivity contribution in [1.82, 2.24) is 15.0 Å². The molecule has 0 unspecified atom stereocenters. The molecule has 9 aromatic rings. The van der Waals surface area contributed by atoms with Crippen LogP contribution in [-0.2, 0) is 5.41 Å². The van der Waals surface area contributed by atoms with Gasteiger partial charge in [-0.1, -0.05) is 147 Å². The van der Waals surface area contributed by atoms with Crippen molar-refractivity contribution in [3.05, 3.63) is 175 Å². The SMILES string of the molecule is CC1(C)c2ccccc2-c2c(-c3nc(-c4ccccc4)nc(-c4cc(-c5ccccc5)cc(-c5cccc6sc7ccccc7c56)c4)n3)cccc21. The Labute approximate surface area is 307 Å². The molecule has 0 atom stereocenters. The zero-order valence-electron chi connectivity index (χ0n) is 28.8. The van der Waals surface area contributed by atoms with Crippen LogP contribution in [0, 0.1) is 0 Å². The van der Waals surface area contributed by atoms with Gasteiger partial charge in [-0.3, -0.25) is 0 Å². The van der Waals surface area contributed by atoms with Crippen molar-refractivity contribution in [3.63, 3.8) is 0 Å². The lowest BCUT2D eigenvalue weighted by Crippen LogP contribution is -2.14. The van der Waals surface area contributed by atoms with Gasteiger partial charge in [0, 0.05) is 42.3 Å². The molecule has 246 valence electrons. The molecule has 10 rings (SSSR count). The Bertz CT molecular complexity index is 2820. The molecule has 0 bridgehead atoms. The fraction of sp³-hybridized carbons (Fsp3) is 0.0625. The number of hydrogen-bond donors (Lipinski definition) is 0. The van der Waals surface area contributed by atoms with Crippen LogP contribution >= 0.6 is 11.3 Å². The van der Waals surface area contributed by atoms with Crippen molar-refractivity contribution >= 4 is 31.5 Å². The third kappa shape index (κ3) is 4.90. The summed E-state index contributed by atoms with van der Waals surface area (Å²) in [6.45, 7) is 4.62. The van der Waals surface area contributed by atoms with Crippen molar-refractivity contribution in [2.75, 3.05) is 0 Å². The van der Waals surface area contributed by atoms with E-state index in [1.54, 1.807) is 0 Å². The second-order valence-corrected chi connectivity index (χ2v) is 15.1. The smallest absolute Gasteiger partial charge is 0.164 e. The maximum atomic E-state index is 5.35. The molecule has 1 aliphatic carbocycles. The molecule has 0 saturated heterocycles. The molecule has 2 aromatic heterocycles. The molecule has 3 nitrogen and oxygen atoms in total. The van der Waals surface area contributed by atoms with E-state index in [4.69, 9.17) is 15.0 Å². The van der Waals surface area contributed by atoms with Gasteiger partial charge in [0.25, 0.3) is 0 Å². The molecule has 2 heterocycles. The maximum absolute atomic E-state index is 5.35. The van der Waals surface area contributed by atoms with Crippen LogP contribution in [0.2, 0.25) is 0 Å². The average molecular weight is 684 g/mol. The minimum absolute atomic E-state index is 0.133.